The number of hydrogen-bond donors (Lipinski definition) is 0. The number of aromatic nitrogens is 2. The van der Waals surface area contributed by atoms with Crippen LogP contribution in [0.5, 0.6) is 0 Å². The van der Waals surface area contributed by atoms with Crippen molar-refractivity contribution in [1.82, 2.24) is 9.55 Å². The van der Waals surface area contributed by atoms with E-state index in [0.717, 1.165) is 22.4 Å². The van der Waals surface area contributed by atoms with Gasteiger partial charge in [0.05, 0.1) is 16.4 Å². The quantitative estimate of drug-likeness (QED) is 0.618. The molecule has 78 valence electrons. The highest BCUT2D eigenvalue weighted by atomic mass is 79.9. The Balaban J connectivity index is 2.64. The van der Waals surface area contributed by atoms with Gasteiger partial charge in [0.15, 0.2) is 5.78 Å². The van der Waals surface area contributed by atoms with Gasteiger partial charge in [-0.05, 0) is 25.1 Å². The average Bonchev–Trinajstić information content (AvgIpc) is 2.54. The third kappa shape index (κ3) is 1.69. The first-order valence-corrected chi connectivity index (χ1v) is 5.78. The highest BCUT2D eigenvalue weighted by molar-refractivity contribution is 9.09. The Kier molecular flexibility index (Phi) is 2.61. The van der Waals surface area contributed by atoms with Crippen LogP contribution in [0.25, 0.3) is 11.0 Å². The number of alkyl halides is 1. The molecule has 0 aliphatic heterocycles. The predicted octanol–water partition coefficient (Wildman–Crippen LogP) is 2.46. The molecule has 0 amide bonds. The van der Waals surface area contributed by atoms with E-state index in [1.54, 1.807) is 0 Å². The molecule has 0 atom stereocenters. The minimum Gasteiger partial charge on any atom is -0.331 e. The normalized spacial score (nSPS) is 10.9. The summed E-state index contributed by atoms with van der Waals surface area (Å²) in [5, 5.41) is 0.356. The molecular weight excluding hydrogens is 256 g/mol. The van der Waals surface area contributed by atoms with Gasteiger partial charge in [-0.15, -0.1) is 0 Å². The standard InChI is InChI=1S/C11H11BrN2O/c1-7-13-9-4-3-8(11(15)6-12)5-10(9)14(7)2/h3-5H,6H2,1-2H3. The molecule has 0 radical (unpaired) electrons. The number of hydrogen-bond acceptors (Lipinski definition) is 2. The molecule has 3 nitrogen and oxygen atoms in total. The van der Waals surface area contributed by atoms with Gasteiger partial charge in [0.1, 0.15) is 5.82 Å². The van der Waals surface area contributed by atoms with Gasteiger partial charge < -0.3 is 4.57 Å². The third-order valence-electron chi connectivity index (χ3n) is 2.55. The second kappa shape index (κ2) is 3.77. The highest BCUT2D eigenvalue weighted by Crippen LogP contribution is 2.17. The second-order valence-electron chi connectivity index (χ2n) is 3.48. The first-order chi connectivity index (χ1) is 7.13. The number of rotatable bonds is 2. The van der Waals surface area contributed by atoms with Crippen LogP contribution in [0.3, 0.4) is 0 Å². The van der Waals surface area contributed by atoms with E-state index in [9.17, 15) is 4.79 Å². The molecular formula is C11H11BrN2O. The largest absolute Gasteiger partial charge is 0.331 e. The van der Waals surface area contributed by atoms with E-state index in [1.807, 2.05) is 36.7 Å². The smallest absolute Gasteiger partial charge is 0.173 e. The molecule has 0 bridgehead atoms. The minimum absolute atomic E-state index is 0.0933. The Morgan fingerprint density at radius 2 is 2.27 bits per heavy atom. The molecule has 1 aromatic heterocycles. The molecule has 0 fully saturated rings. The average molecular weight is 267 g/mol. The van der Waals surface area contributed by atoms with E-state index in [-0.39, 0.29) is 5.78 Å². The first kappa shape index (κ1) is 10.4. The molecule has 2 aromatic rings. The van der Waals surface area contributed by atoms with Crippen molar-refractivity contribution in [2.24, 2.45) is 7.05 Å². The van der Waals surface area contributed by atoms with Crippen molar-refractivity contribution in [2.75, 3.05) is 5.33 Å². The van der Waals surface area contributed by atoms with Crippen molar-refractivity contribution < 1.29 is 4.79 Å². The maximum atomic E-state index is 11.5. The summed E-state index contributed by atoms with van der Waals surface area (Å²) in [6, 6.07) is 5.59. The summed E-state index contributed by atoms with van der Waals surface area (Å²) in [6.07, 6.45) is 0. The Hall–Kier alpha value is -1.16. The first-order valence-electron chi connectivity index (χ1n) is 4.65. The number of imidazole rings is 1. The fraction of sp³-hybridized carbons (Fsp3) is 0.273. The molecule has 0 aliphatic carbocycles. The summed E-state index contributed by atoms with van der Waals surface area (Å²) in [6.45, 7) is 1.95. The van der Waals surface area contributed by atoms with E-state index in [4.69, 9.17) is 0 Å². The maximum absolute atomic E-state index is 11.5. The van der Waals surface area contributed by atoms with Gasteiger partial charge in [-0.2, -0.15) is 0 Å². The summed E-state index contributed by atoms with van der Waals surface area (Å²) >= 11 is 3.17. The van der Waals surface area contributed by atoms with E-state index < -0.39 is 0 Å². The van der Waals surface area contributed by atoms with Gasteiger partial charge in [-0.3, -0.25) is 4.79 Å². The van der Waals surface area contributed by atoms with E-state index in [1.165, 1.54) is 0 Å². The summed E-state index contributed by atoms with van der Waals surface area (Å²) in [7, 11) is 1.95. The Labute approximate surface area is 96.2 Å². The van der Waals surface area contributed by atoms with Crippen LogP contribution >= 0.6 is 15.9 Å². The maximum Gasteiger partial charge on any atom is 0.173 e. The number of fused-ring (bicyclic) bond motifs is 1. The molecule has 1 aromatic carbocycles. The lowest BCUT2D eigenvalue weighted by atomic mass is 10.1. The van der Waals surface area contributed by atoms with Gasteiger partial charge in [0.25, 0.3) is 0 Å². The Morgan fingerprint density at radius 3 is 2.93 bits per heavy atom. The molecule has 0 aliphatic rings. The summed E-state index contributed by atoms with van der Waals surface area (Å²) in [4.78, 5) is 15.9. The number of nitrogens with zero attached hydrogens (tertiary/aromatic N) is 2. The van der Waals surface area contributed by atoms with E-state index in [2.05, 4.69) is 20.9 Å². The van der Waals surface area contributed by atoms with Crippen LogP contribution in [0.15, 0.2) is 18.2 Å². The van der Waals surface area contributed by atoms with Gasteiger partial charge in [-0.1, -0.05) is 15.9 Å². The van der Waals surface area contributed by atoms with E-state index >= 15 is 0 Å². The Bertz CT molecular complexity index is 531. The van der Waals surface area contributed by atoms with Crippen LogP contribution < -0.4 is 0 Å². The van der Waals surface area contributed by atoms with Crippen molar-refractivity contribution in [3.05, 3.63) is 29.6 Å². The van der Waals surface area contributed by atoms with Crippen LogP contribution in [-0.4, -0.2) is 20.7 Å². The molecule has 0 saturated heterocycles. The predicted molar refractivity (Wildman–Crippen MR) is 63.6 cm³/mol. The molecule has 0 saturated carbocycles. The SMILES string of the molecule is Cc1nc2ccc(C(=O)CBr)cc2n1C. The van der Waals surface area contributed by atoms with Crippen molar-refractivity contribution in [1.29, 1.82) is 0 Å². The molecule has 0 spiro atoms. The fourth-order valence-corrected chi connectivity index (χ4v) is 1.88. The lowest BCUT2D eigenvalue weighted by molar-refractivity contribution is 0.102. The van der Waals surface area contributed by atoms with E-state index in [0.29, 0.717) is 5.33 Å². The zero-order chi connectivity index (χ0) is 11.0. The molecule has 1 heterocycles. The van der Waals surface area contributed by atoms with Crippen LogP contribution in [0.2, 0.25) is 0 Å². The third-order valence-corrected chi connectivity index (χ3v) is 3.06. The summed E-state index contributed by atoms with van der Waals surface area (Å²) in [5.74, 6) is 1.05. The zero-order valence-corrected chi connectivity index (χ0v) is 10.2. The topological polar surface area (TPSA) is 34.9 Å². The highest BCUT2D eigenvalue weighted by Gasteiger charge is 2.08. The van der Waals surface area contributed by atoms with Crippen molar-refractivity contribution in [2.45, 2.75) is 6.92 Å². The number of Topliss-reactive ketones (excluding diaryl/α,β-unsaturated/α-hetero) is 1. The minimum atomic E-state index is 0.0933. The molecule has 0 unspecified atom stereocenters. The van der Waals surface area contributed by atoms with Gasteiger partial charge in [0, 0.05) is 12.6 Å². The number of carbonyl (C=O) groups excluding carboxylic acids is 1. The van der Waals surface area contributed by atoms with Gasteiger partial charge >= 0.3 is 0 Å². The number of carbonyl (C=O) groups is 1. The van der Waals surface area contributed by atoms with Crippen LogP contribution in [0.1, 0.15) is 16.2 Å². The number of aryl methyl sites for hydroxylation is 2. The van der Waals surface area contributed by atoms with Gasteiger partial charge in [-0.25, -0.2) is 4.98 Å². The summed E-state index contributed by atoms with van der Waals surface area (Å²) < 4.78 is 1.99. The molecule has 15 heavy (non-hydrogen) atoms. The van der Waals surface area contributed by atoms with Crippen LogP contribution in [-0.2, 0) is 7.05 Å². The number of halogens is 1. The molecule has 4 heteroatoms. The van der Waals surface area contributed by atoms with Crippen LogP contribution in [0.4, 0.5) is 0 Å². The second-order valence-corrected chi connectivity index (χ2v) is 4.04. The molecule has 0 N–H and O–H groups in total. The lowest BCUT2D eigenvalue weighted by Gasteiger charge is -1.99. The zero-order valence-electron chi connectivity index (χ0n) is 8.62. The van der Waals surface area contributed by atoms with Crippen molar-refractivity contribution >= 4 is 32.7 Å². The van der Waals surface area contributed by atoms with Crippen molar-refractivity contribution in [3.63, 3.8) is 0 Å². The fourth-order valence-electron chi connectivity index (χ4n) is 1.56. The van der Waals surface area contributed by atoms with Gasteiger partial charge in [0.2, 0.25) is 0 Å². The Morgan fingerprint density at radius 1 is 1.53 bits per heavy atom. The number of benzene rings is 1. The summed E-state index contributed by atoms with van der Waals surface area (Å²) in [5.41, 5.74) is 2.66. The number of ketones is 1. The molecule has 2 rings (SSSR count). The monoisotopic (exact) mass is 266 g/mol. The lowest BCUT2D eigenvalue weighted by Crippen LogP contribution is -2.00. The van der Waals surface area contributed by atoms with Crippen molar-refractivity contribution in [3.8, 4) is 0 Å². The van der Waals surface area contributed by atoms with Crippen LogP contribution in [0, 0.1) is 6.92 Å².